The number of aliphatic hydroxyl groups excluding tert-OH is 1. The molecule has 2 heterocycles. The molecule has 0 radical (unpaired) electrons. The minimum Gasteiger partial charge on any atom is -0.396 e. The zero-order valence-electron chi connectivity index (χ0n) is 8.38. The zero-order chi connectivity index (χ0) is 11.8. The summed E-state index contributed by atoms with van der Waals surface area (Å²) in [6.07, 6.45) is 1.24. The van der Waals surface area contributed by atoms with Crippen LogP contribution in [-0.4, -0.2) is 42.5 Å². The normalized spacial score (nSPS) is 18.4. The standard InChI is InChI=1S/C9H11FN2O3S/c10-8-2-1-3-11-9(8)16(14,15)12-4-7(5-12)6-13/h1-3,7,13H,4-6H2. The highest BCUT2D eigenvalue weighted by molar-refractivity contribution is 7.89. The molecule has 1 aliphatic heterocycles. The van der Waals surface area contributed by atoms with Gasteiger partial charge in [-0.3, -0.25) is 0 Å². The van der Waals surface area contributed by atoms with Gasteiger partial charge < -0.3 is 5.11 Å². The molecule has 1 aromatic rings. The number of hydrogen-bond donors (Lipinski definition) is 1. The molecule has 0 aliphatic carbocycles. The molecule has 1 aliphatic rings. The molecule has 88 valence electrons. The van der Waals surface area contributed by atoms with Crippen molar-refractivity contribution in [1.29, 1.82) is 0 Å². The fourth-order valence-corrected chi connectivity index (χ4v) is 3.08. The minimum atomic E-state index is -3.84. The van der Waals surface area contributed by atoms with Crippen LogP contribution >= 0.6 is 0 Å². The molecular formula is C9H11FN2O3S. The number of hydrogen-bond acceptors (Lipinski definition) is 4. The van der Waals surface area contributed by atoms with Crippen LogP contribution in [0.2, 0.25) is 0 Å². The number of rotatable bonds is 3. The van der Waals surface area contributed by atoms with Crippen LogP contribution in [0.5, 0.6) is 0 Å². The maximum atomic E-state index is 13.3. The van der Waals surface area contributed by atoms with Crippen LogP contribution in [0.1, 0.15) is 0 Å². The summed E-state index contributed by atoms with van der Waals surface area (Å²) in [5, 5.41) is 8.23. The van der Waals surface area contributed by atoms with Gasteiger partial charge in [0.2, 0.25) is 5.03 Å². The monoisotopic (exact) mass is 246 g/mol. The maximum Gasteiger partial charge on any atom is 0.263 e. The molecule has 0 saturated carbocycles. The molecule has 5 nitrogen and oxygen atoms in total. The van der Waals surface area contributed by atoms with Crippen molar-refractivity contribution < 1.29 is 17.9 Å². The van der Waals surface area contributed by atoms with Crippen LogP contribution in [0.4, 0.5) is 4.39 Å². The second-order valence-corrected chi connectivity index (χ2v) is 5.51. The fraction of sp³-hybridized carbons (Fsp3) is 0.444. The molecule has 0 bridgehead atoms. The highest BCUT2D eigenvalue weighted by Gasteiger charge is 2.38. The van der Waals surface area contributed by atoms with Crippen molar-refractivity contribution >= 4 is 10.0 Å². The molecule has 2 rings (SSSR count). The van der Waals surface area contributed by atoms with Crippen molar-refractivity contribution in [2.75, 3.05) is 19.7 Å². The van der Waals surface area contributed by atoms with Gasteiger partial charge in [-0.15, -0.1) is 0 Å². The molecule has 7 heteroatoms. The van der Waals surface area contributed by atoms with Gasteiger partial charge in [0.1, 0.15) is 0 Å². The van der Waals surface area contributed by atoms with E-state index in [2.05, 4.69) is 4.98 Å². The summed E-state index contributed by atoms with van der Waals surface area (Å²) in [6.45, 7) is 0.375. The van der Waals surface area contributed by atoms with Crippen molar-refractivity contribution in [3.05, 3.63) is 24.1 Å². The van der Waals surface area contributed by atoms with E-state index in [1.807, 2.05) is 0 Å². The van der Waals surface area contributed by atoms with Crippen LogP contribution in [0.15, 0.2) is 23.4 Å². The van der Waals surface area contributed by atoms with Gasteiger partial charge in [0.25, 0.3) is 10.0 Å². The van der Waals surface area contributed by atoms with Crippen molar-refractivity contribution in [3.8, 4) is 0 Å². The molecule has 0 amide bonds. The van der Waals surface area contributed by atoms with E-state index in [0.717, 1.165) is 10.4 Å². The average Bonchev–Trinajstić information content (AvgIpc) is 2.16. The van der Waals surface area contributed by atoms with E-state index in [4.69, 9.17) is 5.11 Å². The van der Waals surface area contributed by atoms with Gasteiger partial charge >= 0.3 is 0 Å². The van der Waals surface area contributed by atoms with Gasteiger partial charge in [0.15, 0.2) is 5.82 Å². The Hall–Kier alpha value is -1.05. The van der Waals surface area contributed by atoms with E-state index >= 15 is 0 Å². The van der Waals surface area contributed by atoms with Gasteiger partial charge in [0.05, 0.1) is 0 Å². The van der Waals surface area contributed by atoms with Crippen molar-refractivity contribution in [1.82, 2.24) is 9.29 Å². The van der Waals surface area contributed by atoms with Crippen LogP contribution < -0.4 is 0 Å². The molecule has 1 saturated heterocycles. The lowest BCUT2D eigenvalue weighted by Crippen LogP contribution is -2.51. The summed E-state index contributed by atoms with van der Waals surface area (Å²) in [6, 6.07) is 2.39. The number of sulfonamides is 1. The summed E-state index contributed by atoms with van der Waals surface area (Å²) in [5.74, 6) is -0.906. The number of nitrogens with zero attached hydrogens (tertiary/aromatic N) is 2. The third kappa shape index (κ3) is 1.81. The second kappa shape index (κ2) is 4.08. The molecule has 0 spiro atoms. The van der Waals surface area contributed by atoms with E-state index in [0.29, 0.717) is 0 Å². The van der Waals surface area contributed by atoms with Crippen LogP contribution in [0.3, 0.4) is 0 Å². The number of pyridine rings is 1. The summed E-state index contributed by atoms with van der Waals surface area (Å²) < 4.78 is 38.1. The molecule has 1 fully saturated rings. The average molecular weight is 246 g/mol. The van der Waals surface area contributed by atoms with Gasteiger partial charge in [-0.25, -0.2) is 17.8 Å². The Morgan fingerprint density at radius 1 is 1.56 bits per heavy atom. The van der Waals surface area contributed by atoms with Crippen molar-refractivity contribution in [2.45, 2.75) is 5.03 Å². The Morgan fingerprint density at radius 2 is 2.25 bits per heavy atom. The molecule has 16 heavy (non-hydrogen) atoms. The van der Waals surface area contributed by atoms with Crippen molar-refractivity contribution in [2.24, 2.45) is 5.92 Å². The Bertz CT molecular complexity index is 485. The maximum absolute atomic E-state index is 13.3. The predicted molar refractivity (Wildman–Crippen MR) is 53.5 cm³/mol. The Balaban J connectivity index is 2.24. The van der Waals surface area contributed by atoms with Crippen LogP contribution in [-0.2, 0) is 10.0 Å². The quantitative estimate of drug-likeness (QED) is 0.804. The summed E-state index contributed by atoms with van der Waals surface area (Å²) >= 11 is 0. The lowest BCUT2D eigenvalue weighted by atomic mass is 10.1. The molecular weight excluding hydrogens is 235 g/mol. The molecule has 1 N–H and O–H groups in total. The summed E-state index contributed by atoms with van der Waals surface area (Å²) in [7, 11) is -3.84. The first-order chi connectivity index (χ1) is 7.55. The smallest absolute Gasteiger partial charge is 0.263 e. The lowest BCUT2D eigenvalue weighted by Gasteiger charge is -2.36. The van der Waals surface area contributed by atoms with Gasteiger partial charge in [-0.05, 0) is 12.1 Å². The lowest BCUT2D eigenvalue weighted by molar-refractivity contribution is 0.117. The first-order valence-corrected chi connectivity index (χ1v) is 6.21. The number of aliphatic hydroxyl groups is 1. The fourth-order valence-electron chi connectivity index (χ4n) is 1.52. The topological polar surface area (TPSA) is 70.5 Å². The largest absolute Gasteiger partial charge is 0.396 e. The minimum absolute atomic E-state index is 0.0541. The molecule has 0 unspecified atom stereocenters. The summed E-state index contributed by atoms with van der Waals surface area (Å²) in [5.41, 5.74) is 0. The van der Waals surface area contributed by atoms with Gasteiger partial charge in [-0.1, -0.05) is 0 Å². The molecule has 0 aromatic carbocycles. The SMILES string of the molecule is O=S(=O)(c1ncccc1F)N1CC(CO)C1. The van der Waals surface area contributed by atoms with Gasteiger partial charge in [0, 0.05) is 31.8 Å². The molecule has 0 atom stereocenters. The zero-order valence-corrected chi connectivity index (χ0v) is 9.19. The van der Waals surface area contributed by atoms with E-state index < -0.39 is 20.9 Å². The first-order valence-electron chi connectivity index (χ1n) is 4.77. The first kappa shape index (κ1) is 11.4. The Kier molecular flexibility index (Phi) is 2.92. The Morgan fingerprint density at radius 3 is 2.81 bits per heavy atom. The van der Waals surface area contributed by atoms with Gasteiger partial charge in [-0.2, -0.15) is 4.31 Å². The predicted octanol–water partition coefficient (Wildman–Crippen LogP) is -0.166. The molecule has 1 aromatic heterocycles. The van der Waals surface area contributed by atoms with E-state index in [1.54, 1.807) is 0 Å². The highest BCUT2D eigenvalue weighted by Crippen LogP contribution is 2.24. The Labute approximate surface area is 92.6 Å². The second-order valence-electron chi connectivity index (χ2n) is 3.66. The number of aromatic nitrogens is 1. The third-order valence-corrected chi connectivity index (χ3v) is 4.26. The summed E-state index contributed by atoms with van der Waals surface area (Å²) in [4.78, 5) is 3.54. The van der Waals surface area contributed by atoms with E-state index in [1.165, 1.54) is 12.3 Å². The number of halogens is 1. The van der Waals surface area contributed by atoms with Crippen molar-refractivity contribution in [3.63, 3.8) is 0 Å². The third-order valence-electron chi connectivity index (χ3n) is 2.49. The van der Waals surface area contributed by atoms with Crippen LogP contribution in [0.25, 0.3) is 0 Å². The van der Waals surface area contributed by atoms with Crippen LogP contribution in [0, 0.1) is 11.7 Å². The highest BCUT2D eigenvalue weighted by atomic mass is 32.2. The van der Waals surface area contributed by atoms with E-state index in [-0.39, 0.29) is 25.6 Å². The van der Waals surface area contributed by atoms with E-state index in [9.17, 15) is 12.8 Å².